The van der Waals surface area contributed by atoms with Gasteiger partial charge in [0.25, 0.3) is 0 Å². The van der Waals surface area contributed by atoms with Gasteiger partial charge in [-0.05, 0) is 43.3 Å². The summed E-state index contributed by atoms with van der Waals surface area (Å²) in [5, 5.41) is 5.92. The molecule has 0 saturated carbocycles. The van der Waals surface area contributed by atoms with Gasteiger partial charge in [0, 0.05) is 6.42 Å². The molecule has 5 heteroatoms. The van der Waals surface area contributed by atoms with Crippen LogP contribution >= 0.6 is 12.2 Å². The van der Waals surface area contributed by atoms with Crippen LogP contribution in [0.2, 0.25) is 0 Å². The SMILES string of the molecule is CCCCC(=O)Nc1ccc(C)cc1NC(N)=S. The highest BCUT2D eigenvalue weighted by atomic mass is 32.1. The number of hydrogen-bond acceptors (Lipinski definition) is 2. The smallest absolute Gasteiger partial charge is 0.224 e. The molecule has 1 aromatic rings. The molecular weight excluding hydrogens is 246 g/mol. The van der Waals surface area contributed by atoms with E-state index in [2.05, 4.69) is 17.6 Å². The Bertz CT molecular complexity index is 446. The maximum atomic E-state index is 11.7. The standard InChI is InChI=1S/C13H19N3OS/c1-3-4-5-12(17)15-10-7-6-9(2)8-11(10)16-13(14)18/h6-8H,3-5H2,1-2H3,(H,15,17)(H3,14,16,18). The van der Waals surface area contributed by atoms with Crippen molar-refractivity contribution in [3.63, 3.8) is 0 Å². The third-order valence-corrected chi connectivity index (χ3v) is 2.57. The van der Waals surface area contributed by atoms with Crippen molar-refractivity contribution in [3.8, 4) is 0 Å². The van der Waals surface area contributed by atoms with Gasteiger partial charge in [0.05, 0.1) is 11.4 Å². The predicted octanol–water partition coefficient (Wildman–Crippen LogP) is 2.78. The quantitative estimate of drug-likeness (QED) is 0.716. The molecule has 0 atom stereocenters. The molecule has 0 heterocycles. The Morgan fingerprint density at radius 3 is 2.67 bits per heavy atom. The summed E-state index contributed by atoms with van der Waals surface area (Å²) >= 11 is 4.82. The van der Waals surface area contributed by atoms with Crippen molar-refractivity contribution in [3.05, 3.63) is 23.8 Å². The van der Waals surface area contributed by atoms with E-state index < -0.39 is 0 Å². The Kier molecular flexibility index (Phi) is 5.58. The second-order valence-corrected chi connectivity index (χ2v) is 4.63. The monoisotopic (exact) mass is 265 g/mol. The Hall–Kier alpha value is -1.62. The average Bonchev–Trinajstić information content (AvgIpc) is 2.29. The van der Waals surface area contributed by atoms with Crippen LogP contribution in [0, 0.1) is 6.92 Å². The zero-order valence-electron chi connectivity index (χ0n) is 10.7. The van der Waals surface area contributed by atoms with Crippen LogP contribution in [-0.4, -0.2) is 11.0 Å². The number of amides is 1. The Labute approximate surface area is 113 Å². The van der Waals surface area contributed by atoms with Gasteiger partial charge in [0.15, 0.2) is 5.11 Å². The minimum absolute atomic E-state index is 0.00620. The second-order valence-electron chi connectivity index (χ2n) is 4.19. The number of hydrogen-bond donors (Lipinski definition) is 3. The molecule has 0 aromatic heterocycles. The molecule has 98 valence electrons. The number of anilines is 2. The molecule has 0 saturated heterocycles. The topological polar surface area (TPSA) is 67.2 Å². The number of thiocarbonyl (C=S) groups is 1. The molecule has 1 rings (SSSR count). The van der Waals surface area contributed by atoms with Crippen molar-refractivity contribution in [2.75, 3.05) is 10.6 Å². The largest absolute Gasteiger partial charge is 0.376 e. The first-order chi connectivity index (χ1) is 8.52. The van der Waals surface area contributed by atoms with Crippen molar-refractivity contribution >= 4 is 34.6 Å². The van der Waals surface area contributed by atoms with Gasteiger partial charge in [-0.1, -0.05) is 19.4 Å². The molecule has 0 aliphatic carbocycles. The summed E-state index contributed by atoms with van der Waals surface area (Å²) in [6.07, 6.45) is 2.41. The lowest BCUT2D eigenvalue weighted by atomic mass is 10.1. The number of benzene rings is 1. The number of nitrogens with two attached hydrogens (primary N) is 1. The summed E-state index contributed by atoms with van der Waals surface area (Å²) in [6, 6.07) is 5.68. The zero-order chi connectivity index (χ0) is 13.5. The first kappa shape index (κ1) is 14.4. The van der Waals surface area contributed by atoms with Crippen molar-refractivity contribution in [1.29, 1.82) is 0 Å². The maximum absolute atomic E-state index is 11.7. The molecule has 0 aliphatic heterocycles. The number of rotatable bonds is 5. The molecule has 0 aliphatic rings. The van der Waals surface area contributed by atoms with Crippen LogP contribution in [0.15, 0.2) is 18.2 Å². The zero-order valence-corrected chi connectivity index (χ0v) is 11.6. The molecule has 0 unspecified atom stereocenters. The Balaban J connectivity index is 2.80. The fourth-order valence-corrected chi connectivity index (χ4v) is 1.66. The minimum Gasteiger partial charge on any atom is -0.376 e. The van der Waals surface area contributed by atoms with Gasteiger partial charge < -0.3 is 16.4 Å². The van der Waals surface area contributed by atoms with Crippen molar-refractivity contribution in [2.45, 2.75) is 33.1 Å². The molecule has 18 heavy (non-hydrogen) atoms. The molecule has 4 nitrogen and oxygen atoms in total. The average molecular weight is 265 g/mol. The molecule has 0 fully saturated rings. The van der Waals surface area contributed by atoms with Crippen LogP contribution in [0.1, 0.15) is 31.7 Å². The van der Waals surface area contributed by atoms with E-state index in [1.807, 2.05) is 25.1 Å². The molecule has 4 N–H and O–H groups in total. The third-order valence-electron chi connectivity index (χ3n) is 2.46. The van der Waals surface area contributed by atoms with E-state index in [1.54, 1.807) is 0 Å². The highest BCUT2D eigenvalue weighted by Gasteiger charge is 2.07. The van der Waals surface area contributed by atoms with Gasteiger partial charge in [-0.2, -0.15) is 0 Å². The second kappa shape index (κ2) is 6.96. The van der Waals surface area contributed by atoms with E-state index in [4.69, 9.17) is 18.0 Å². The van der Waals surface area contributed by atoms with Crippen LogP contribution in [0.25, 0.3) is 0 Å². The predicted molar refractivity (Wildman–Crippen MR) is 79.7 cm³/mol. The fraction of sp³-hybridized carbons (Fsp3) is 0.385. The lowest BCUT2D eigenvalue weighted by molar-refractivity contribution is -0.116. The van der Waals surface area contributed by atoms with Crippen molar-refractivity contribution < 1.29 is 4.79 Å². The first-order valence-electron chi connectivity index (χ1n) is 6.00. The maximum Gasteiger partial charge on any atom is 0.224 e. The third kappa shape index (κ3) is 4.71. The highest BCUT2D eigenvalue weighted by Crippen LogP contribution is 2.23. The van der Waals surface area contributed by atoms with E-state index in [0.29, 0.717) is 12.1 Å². The van der Waals surface area contributed by atoms with Crippen LogP contribution in [0.4, 0.5) is 11.4 Å². The molecule has 0 radical (unpaired) electrons. The number of unbranched alkanes of at least 4 members (excludes halogenated alkanes) is 1. The van der Waals surface area contributed by atoms with Crippen molar-refractivity contribution in [2.24, 2.45) is 5.73 Å². The summed E-state index contributed by atoms with van der Waals surface area (Å²) < 4.78 is 0. The molecular formula is C13H19N3OS. The summed E-state index contributed by atoms with van der Waals surface area (Å²) in [5.74, 6) is 0.00620. The molecule has 1 aromatic carbocycles. The molecule has 0 bridgehead atoms. The lowest BCUT2D eigenvalue weighted by Gasteiger charge is -2.13. The van der Waals surface area contributed by atoms with E-state index in [9.17, 15) is 4.79 Å². The summed E-state index contributed by atoms with van der Waals surface area (Å²) in [6.45, 7) is 4.02. The summed E-state index contributed by atoms with van der Waals surface area (Å²) in [7, 11) is 0. The van der Waals surface area contributed by atoms with Crippen LogP contribution in [-0.2, 0) is 4.79 Å². The van der Waals surface area contributed by atoms with Gasteiger partial charge >= 0.3 is 0 Å². The van der Waals surface area contributed by atoms with Gasteiger partial charge in [0.1, 0.15) is 0 Å². The number of carbonyl (C=O) groups excluding carboxylic acids is 1. The minimum atomic E-state index is 0.00620. The van der Waals surface area contributed by atoms with Gasteiger partial charge in [-0.15, -0.1) is 0 Å². The molecule has 0 spiro atoms. The lowest BCUT2D eigenvalue weighted by Crippen LogP contribution is -2.21. The highest BCUT2D eigenvalue weighted by molar-refractivity contribution is 7.80. The molecule has 1 amide bonds. The van der Waals surface area contributed by atoms with Gasteiger partial charge in [-0.3, -0.25) is 4.79 Å². The summed E-state index contributed by atoms with van der Waals surface area (Å²) in [4.78, 5) is 11.7. The van der Waals surface area contributed by atoms with Gasteiger partial charge in [-0.25, -0.2) is 0 Å². The summed E-state index contributed by atoms with van der Waals surface area (Å²) in [5.41, 5.74) is 7.96. The van der Waals surface area contributed by atoms with Crippen LogP contribution in [0.3, 0.4) is 0 Å². The Morgan fingerprint density at radius 1 is 1.33 bits per heavy atom. The van der Waals surface area contributed by atoms with E-state index >= 15 is 0 Å². The van der Waals surface area contributed by atoms with Crippen molar-refractivity contribution in [1.82, 2.24) is 0 Å². The van der Waals surface area contributed by atoms with Crippen LogP contribution in [0.5, 0.6) is 0 Å². The van der Waals surface area contributed by atoms with E-state index in [1.165, 1.54) is 0 Å². The number of nitrogens with one attached hydrogen (secondary N) is 2. The first-order valence-corrected chi connectivity index (χ1v) is 6.40. The Morgan fingerprint density at radius 2 is 2.06 bits per heavy atom. The van der Waals surface area contributed by atoms with Gasteiger partial charge in [0.2, 0.25) is 5.91 Å². The number of aryl methyl sites for hydroxylation is 1. The van der Waals surface area contributed by atoms with Crippen LogP contribution < -0.4 is 16.4 Å². The normalized spacial score (nSPS) is 9.89. The fourth-order valence-electron chi connectivity index (χ4n) is 1.55. The van der Waals surface area contributed by atoms with E-state index in [-0.39, 0.29) is 11.0 Å². The van der Waals surface area contributed by atoms with E-state index in [0.717, 1.165) is 24.1 Å². The number of carbonyl (C=O) groups is 1.